The molecule has 0 aromatic rings. The van der Waals surface area contributed by atoms with E-state index in [9.17, 15) is 19.0 Å². The van der Waals surface area contributed by atoms with Crippen molar-refractivity contribution < 1.29 is 42.1 Å². The fourth-order valence-corrected chi connectivity index (χ4v) is 6.69. The van der Waals surface area contributed by atoms with Crippen LogP contribution in [0.15, 0.2) is 24.3 Å². The minimum Gasteiger partial charge on any atom is -0.462 e. The quantitative estimate of drug-likeness (QED) is 0.0215. The molecule has 1 unspecified atom stereocenters. The van der Waals surface area contributed by atoms with Crippen molar-refractivity contribution in [3.8, 4) is 0 Å². The molecule has 0 rings (SSSR count). The highest BCUT2D eigenvalue weighted by Gasteiger charge is 2.27. The van der Waals surface area contributed by atoms with Gasteiger partial charge in [-0.25, -0.2) is 4.57 Å². The van der Waals surface area contributed by atoms with Gasteiger partial charge < -0.3 is 18.9 Å². The van der Waals surface area contributed by atoms with Crippen LogP contribution in [0.4, 0.5) is 0 Å². The maximum atomic E-state index is 12.7. The highest BCUT2D eigenvalue weighted by atomic mass is 31.2. The zero-order valence-electron chi connectivity index (χ0n) is 35.7. The average Bonchev–Trinajstić information content (AvgIpc) is 3.12. The van der Waals surface area contributed by atoms with Gasteiger partial charge in [0.15, 0.2) is 6.10 Å². The number of phosphoric acid groups is 1. The lowest BCUT2D eigenvalue weighted by molar-refractivity contribution is -0.870. The van der Waals surface area contributed by atoms with Crippen LogP contribution in [-0.2, 0) is 32.7 Å². The molecule has 0 saturated heterocycles. The molecule has 318 valence electrons. The second-order valence-corrected chi connectivity index (χ2v) is 17.5. The number of nitrogens with zero attached hydrogens (tertiary/aromatic N) is 1. The lowest BCUT2D eigenvalue weighted by Gasteiger charge is -2.24. The molecule has 54 heavy (non-hydrogen) atoms. The molecule has 0 heterocycles. The number of unbranched alkanes of at least 4 members (excludes halogenated alkanes) is 22. The molecule has 0 amide bonds. The Morgan fingerprint density at radius 3 is 1.39 bits per heavy atom. The average molecular weight is 787 g/mol. The first-order valence-corrected chi connectivity index (χ1v) is 23.6. The van der Waals surface area contributed by atoms with Gasteiger partial charge in [-0.1, -0.05) is 141 Å². The molecule has 10 heteroatoms. The highest BCUT2D eigenvalue weighted by molar-refractivity contribution is 7.47. The molecular formula is C44H85NO8P+. The van der Waals surface area contributed by atoms with E-state index in [1.165, 1.54) is 96.3 Å². The Morgan fingerprint density at radius 2 is 0.944 bits per heavy atom. The molecule has 1 N–H and O–H groups in total. The zero-order chi connectivity index (χ0) is 40.0. The molecule has 2 atom stereocenters. The predicted molar refractivity (Wildman–Crippen MR) is 224 cm³/mol. The van der Waals surface area contributed by atoms with E-state index in [2.05, 4.69) is 38.2 Å². The summed E-state index contributed by atoms with van der Waals surface area (Å²) in [7, 11) is 1.47. The molecule has 0 radical (unpaired) electrons. The van der Waals surface area contributed by atoms with Crippen LogP contribution in [0, 0.1) is 0 Å². The number of hydrogen-bond donors (Lipinski definition) is 1. The Bertz CT molecular complexity index is 980. The molecule has 0 aliphatic heterocycles. The van der Waals surface area contributed by atoms with Crippen LogP contribution < -0.4 is 0 Å². The molecule has 0 spiro atoms. The van der Waals surface area contributed by atoms with Gasteiger partial charge in [-0.3, -0.25) is 18.6 Å². The molecule has 0 aliphatic rings. The van der Waals surface area contributed by atoms with E-state index in [-0.39, 0.29) is 32.0 Å². The van der Waals surface area contributed by atoms with E-state index >= 15 is 0 Å². The molecule has 0 aromatic carbocycles. The van der Waals surface area contributed by atoms with Crippen molar-refractivity contribution in [1.29, 1.82) is 0 Å². The van der Waals surface area contributed by atoms with E-state index in [1.54, 1.807) is 0 Å². The Hall–Kier alpha value is -1.51. The zero-order valence-corrected chi connectivity index (χ0v) is 36.6. The number of quaternary nitrogens is 1. The number of phosphoric ester groups is 1. The second-order valence-electron chi connectivity index (χ2n) is 16.1. The monoisotopic (exact) mass is 787 g/mol. The minimum absolute atomic E-state index is 0.0307. The lowest BCUT2D eigenvalue weighted by Crippen LogP contribution is -2.37. The van der Waals surface area contributed by atoms with Crippen molar-refractivity contribution in [3.63, 3.8) is 0 Å². The molecule has 0 fully saturated rings. The van der Waals surface area contributed by atoms with Gasteiger partial charge in [0.2, 0.25) is 0 Å². The van der Waals surface area contributed by atoms with E-state index in [0.29, 0.717) is 17.4 Å². The van der Waals surface area contributed by atoms with Crippen molar-refractivity contribution in [2.24, 2.45) is 0 Å². The summed E-state index contributed by atoms with van der Waals surface area (Å²) in [6, 6.07) is 0. The summed E-state index contributed by atoms with van der Waals surface area (Å²) >= 11 is 0. The van der Waals surface area contributed by atoms with Gasteiger partial charge in [0.25, 0.3) is 0 Å². The minimum atomic E-state index is -4.37. The summed E-state index contributed by atoms with van der Waals surface area (Å²) in [5.74, 6) is -0.810. The van der Waals surface area contributed by atoms with Crippen LogP contribution in [-0.4, -0.2) is 74.9 Å². The number of ether oxygens (including phenoxy) is 2. The number of allylic oxidation sites excluding steroid dienone is 4. The maximum Gasteiger partial charge on any atom is 0.472 e. The summed E-state index contributed by atoms with van der Waals surface area (Å²) in [6.45, 7) is 4.40. The van der Waals surface area contributed by atoms with Crippen molar-refractivity contribution in [2.75, 3.05) is 47.5 Å². The van der Waals surface area contributed by atoms with E-state index in [1.807, 2.05) is 21.1 Å². The first kappa shape index (κ1) is 52.5. The summed E-state index contributed by atoms with van der Waals surface area (Å²) in [5.41, 5.74) is 0. The molecule has 0 bridgehead atoms. The highest BCUT2D eigenvalue weighted by Crippen LogP contribution is 2.43. The molecule has 0 aromatic heterocycles. The van der Waals surface area contributed by atoms with Crippen LogP contribution in [0.3, 0.4) is 0 Å². The van der Waals surface area contributed by atoms with Crippen LogP contribution in [0.1, 0.15) is 194 Å². The second kappa shape index (κ2) is 37.1. The number of esters is 2. The Kier molecular flexibility index (Phi) is 36.1. The number of rotatable bonds is 40. The van der Waals surface area contributed by atoms with Gasteiger partial charge >= 0.3 is 19.8 Å². The molecule has 0 aliphatic carbocycles. The molecule has 9 nitrogen and oxygen atoms in total. The van der Waals surface area contributed by atoms with Gasteiger partial charge in [-0.05, 0) is 64.2 Å². The van der Waals surface area contributed by atoms with Crippen molar-refractivity contribution in [1.82, 2.24) is 0 Å². The molecule has 0 saturated carbocycles. The van der Waals surface area contributed by atoms with Crippen LogP contribution in [0.5, 0.6) is 0 Å². The molecular weight excluding hydrogens is 701 g/mol. The van der Waals surface area contributed by atoms with Crippen LogP contribution >= 0.6 is 7.82 Å². The van der Waals surface area contributed by atoms with Crippen molar-refractivity contribution >= 4 is 19.8 Å². The first-order chi connectivity index (χ1) is 26.0. The normalized spacial score (nSPS) is 13.8. The Labute approximate surface area is 332 Å². The number of carbonyl (C=O) groups is 2. The lowest BCUT2D eigenvalue weighted by atomic mass is 10.1. The number of carbonyl (C=O) groups excluding carboxylic acids is 2. The van der Waals surface area contributed by atoms with Gasteiger partial charge in [0, 0.05) is 12.8 Å². The Balaban J connectivity index is 4.37. The smallest absolute Gasteiger partial charge is 0.462 e. The topological polar surface area (TPSA) is 108 Å². The van der Waals surface area contributed by atoms with E-state index in [4.69, 9.17) is 18.5 Å². The fourth-order valence-electron chi connectivity index (χ4n) is 5.94. The van der Waals surface area contributed by atoms with Crippen LogP contribution in [0.25, 0.3) is 0 Å². The standard InChI is InChI=1S/C44H84NO8P/c1-6-8-10-12-14-16-18-20-22-24-26-28-30-32-34-36-43(46)50-40-42(41-52-54(48,49)51-39-38-45(3,4)5)53-44(47)37-35-33-31-29-27-25-23-21-19-17-15-13-11-9-7-2/h17,19-20,22,42H,6-16,18,21,23-41H2,1-5H3/p+1/b19-17+,22-20+/t42-/m1/s1. The summed E-state index contributed by atoms with van der Waals surface area (Å²) in [4.78, 5) is 35.3. The SMILES string of the molecule is CCCCCC/C=C/CCCCCCCCCC(=O)O[C@H](COC(=O)CCCCCCC/C=C/CCCCCCCC)COP(=O)(O)OCC[N+](C)(C)C. The maximum absolute atomic E-state index is 12.7. The van der Waals surface area contributed by atoms with Gasteiger partial charge in [0.1, 0.15) is 19.8 Å². The summed E-state index contributed by atoms with van der Waals surface area (Å²) in [5, 5.41) is 0. The first-order valence-electron chi connectivity index (χ1n) is 22.1. The largest absolute Gasteiger partial charge is 0.472 e. The van der Waals surface area contributed by atoms with E-state index in [0.717, 1.165) is 64.2 Å². The van der Waals surface area contributed by atoms with Crippen molar-refractivity contribution in [3.05, 3.63) is 24.3 Å². The number of likely N-dealkylation sites (N-methyl/N-ethyl adjacent to an activating group) is 1. The third kappa shape index (κ3) is 40.2. The van der Waals surface area contributed by atoms with E-state index < -0.39 is 26.5 Å². The summed E-state index contributed by atoms with van der Waals surface area (Å²) in [6.07, 6.45) is 39.3. The number of hydrogen-bond acceptors (Lipinski definition) is 7. The van der Waals surface area contributed by atoms with Crippen LogP contribution in [0.2, 0.25) is 0 Å². The summed E-state index contributed by atoms with van der Waals surface area (Å²) < 4.78 is 34.3. The fraction of sp³-hybridized carbons (Fsp3) is 0.864. The van der Waals surface area contributed by atoms with Crippen molar-refractivity contribution in [2.45, 2.75) is 200 Å². The predicted octanol–water partition coefficient (Wildman–Crippen LogP) is 12.4. The third-order valence-electron chi connectivity index (χ3n) is 9.45. The van der Waals surface area contributed by atoms with Gasteiger partial charge in [0.05, 0.1) is 27.7 Å². The Morgan fingerprint density at radius 1 is 0.556 bits per heavy atom. The third-order valence-corrected chi connectivity index (χ3v) is 10.4. The van der Waals surface area contributed by atoms with Gasteiger partial charge in [-0.15, -0.1) is 0 Å². The van der Waals surface area contributed by atoms with Gasteiger partial charge in [-0.2, -0.15) is 0 Å².